The molecule has 1 aliphatic rings. The van der Waals surface area contributed by atoms with Crippen LogP contribution in [0.3, 0.4) is 0 Å². The molecule has 1 amide bonds. The molecule has 1 heterocycles. The van der Waals surface area contributed by atoms with E-state index in [1.807, 2.05) is 24.3 Å². The molecular weight excluding hydrogens is 268 g/mol. The average molecular weight is 280 g/mol. The summed E-state index contributed by atoms with van der Waals surface area (Å²) in [4.78, 5) is 25.0. The lowest BCUT2D eigenvalue weighted by atomic mass is 10.1. The van der Waals surface area contributed by atoms with Gasteiger partial charge in [0.2, 0.25) is 0 Å². The summed E-state index contributed by atoms with van der Waals surface area (Å²) in [5.74, 6) is -0.615. The van der Waals surface area contributed by atoms with Gasteiger partial charge in [0.1, 0.15) is 23.7 Å². The molecule has 0 saturated carbocycles. The number of rotatable bonds is 4. The molecule has 3 rings (SSSR count). The van der Waals surface area contributed by atoms with Crippen molar-refractivity contribution in [3.63, 3.8) is 0 Å². The predicted molar refractivity (Wildman–Crippen MR) is 77.8 cm³/mol. The zero-order valence-corrected chi connectivity index (χ0v) is 11.1. The van der Waals surface area contributed by atoms with Gasteiger partial charge in [-0.3, -0.25) is 4.79 Å². The number of hydrogen-bond donors (Lipinski definition) is 1. The minimum atomic E-state index is -0.615. The zero-order chi connectivity index (χ0) is 14.8. The van der Waals surface area contributed by atoms with Gasteiger partial charge >= 0.3 is 0 Å². The van der Waals surface area contributed by atoms with Crippen LogP contribution in [0.5, 0.6) is 0 Å². The van der Waals surface area contributed by atoms with Crippen molar-refractivity contribution in [2.24, 2.45) is 10.9 Å². The van der Waals surface area contributed by atoms with Crippen molar-refractivity contribution in [2.75, 3.05) is 6.61 Å². The van der Waals surface area contributed by atoms with E-state index in [0.717, 1.165) is 11.1 Å². The molecule has 0 radical (unpaired) electrons. The van der Waals surface area contributed by atoms with Gasteiger partial charge in [0, 0.05) is 11.1 Å². The van der Waals surface area contributed by atoms with Gasteiger partial charge in [-0.1, -0.05) is 42.1 Å². The highest BCUT2D eigenvalue weighted by Crippen LogP contribution is 2.34. The minimum absolute atomic E-state index is 0.122. The molecule has 0 bridgehead atoms. The number of oxime groups is 1. The molecule has 1 aromatic carbocycles. The van der Waals surface area contributed by atoms with Crippen LogP contribution in [-0.4, -0.2) is 28.2 Å². The number of carbonyl (C=O) groups is 1. The summed E-state index contributed by atoms with van der Waals surface area (Å²) >= 11 is 0. The Hall–Kier alpha value is -3.02. The normalized spacial score (nSPS) is 13.6. The van der Waals surface area contributed by atoms with Crippen LogP contribution < -0.4 is 5.73 Å². The molecule has 1 aliphatic carbocycles. The van der Waals surface area contributed by atoms with Gasteiger partial charge in [-0.05, 0) is 0 Å². The van der Waals surface area contributed by atoms with Gasteiger partial charge in [0.05, 0.1) is 11.9 Å². The molecule has 21 heavy (non-hydrogen) atoms. The first-order chi connectivity index (χ1) is 10.2. The van der Waals surface area contributed by atoms with E-state index in [1.54, 1.807) is 6.08 Å². The summed E-state index contributed by atoms with van der Waals surface area (Å²) in [5.41, 5.74) is 8.83. The van der Waals surface area contributed by atoms with E-state index in [0.29, 0.717) is 23.7 Å². The highest BCUT2D eigenvalue weighted by molar-refractivity contribution is 6.22. The van der Waals surface area contributed by atoms with Crippen LogP contribution >= 0.6 is 0 Å². The van der Waals surface area contributed by atoms with Crippen LogP contribution in [0.2, 0.25) is 0 Å². The van der Waals surface area contributed by atoms with Crippen LogP contribution in [0.1, 0.15) is 21.7 Å². The summed E-state index contributed by atoms with van der Waals surface area (Å²) in [6, 6.07) is 7.57. The van der Waals surface area contributed by atoms with Crippen molar-refractivity contribution in [3.8, 4) is 11.3 Å². The Morgan fingerprint density at radius 2 is 2.10 bits per heavy atom. The molecule has 2 N–H and O–H groups in total. The van der Waals surface area contributed by atoms with Gasteiger partial charge < -0.3 is 10.6 Å². The number of hydrogen-bond acceptors (Lipinski definition) is 5. The lowest BCUT2D eigenvalue weighted by Crippen LogP contribution is -2.14. The molecule has 0 aliphatic heterocycles. The Morgan fingerprint density at radius 1 is 1.33 bits per heavy atom. The predicted octanol–water partition coefficient (Wildman–Crippen LogP) is 1.51. The molecule has 0 saturated heterocycles. The molecular formula is C15H12N4O2. The second-order valence-electron chi connectivity index (χ2n) is 4.39. The van der Waals surface area contributed by atoms with E-state index in [-0.39, 0.29) is 5.69 Å². The van der Waals surface area contributed by atoms with Gasteiger partial charge in [-0.15, -0.1) is 0 Å². The monoisotopic (exact) mass is 280 g/mol. The number of amides is 1. The van der Waals surface area contributed by atoms with Gasteiger partial charge in [-0.2, -0.15) is 0 Å². The van der Waals surface area contributed by atoms with Crippen LogP contribution in [0.25, 0.3) is 11.3 Å². The lowest BCUT2D eigenvalue weighted by molar-refractivity contribution is 0.0995. The highest BCUT2D eigenvalue weighted by Gasteiger charge is 2.29. The SMILES string of the molecule is C=CCON=C1c2ccccc2-c2nc(C(N)=O)cnc21. The van der Waals surface area contributed by atoms with Gasteiger partial charge in [0.25, 0.3) is 5.91 Å². The van der Waals surface area contributed by atoms with E-state index < -0.39 is 5.91 Å². The summed E-state index contributed by atoms with van der Waals surface area (Å²) in [6.45, 7) is 3.87. The van der Waals surface area contributed by atoms with Crippen molar-refractivity contribution in [1.29, 1.82) is 0 Å². The number of nitrogens with two attached hydrogens (primary N) is 1. The molecule has 0 fully saturated rings. The standard InChI is InChI=1S/C15H12N4O2/c1-2-7-21-19-13-10-6-4-3-5-9(10)12-14(13)17-8-11(18-12)15(16)20/h2-6,8H,1,7H2,(H2,16,20). The number of nitrogens with zero attached hydrogens (tertiary/aromatic N) is 3. The average Bonchev–Trinajstić information content (AvgIpc) is 2.81. The second-order valence-corrected chi connectivity index (χ2v) is 4.39. The van der Waals surface area contributed by atoms with Crippen LogP contribution in [0.4, 0.5) is 0 Å². The summed E-state index contributed by atoms with van der Waals surface area (Å²) < 4.78 is 0. The van der Waals surface area contributed by atoms with E-state index in [4.69, 9.17) is 10.6 Å². The minimum Gasteiger partial charge on any atom is -0.391 e. The lowest BCUT2D eigenvalue weighted by Gasteiger charge is -2.01. The maximum atomic E-state index is 11.3. The maximum absolute atomic E-state index is 11.3. The van der Waals surface area contributed by atoms with E-state index in [1.165, 1.54) is 6.20 Å². The molecule has 1 aromatic heterocycles. The summed E-state index contributed by atoms with van der Waals surface area (Å²) in [7, 11) is 0. The number of carbonyl (C=O) groups excluding carboxylic acids is 1. The fourth-order valence-electron chi connectivity index (χ4n) is 2.14. The largest absolute Gasteiger partial charge is 0.391 e. The van der Waals surface area contributed by atoms with E-state index >= 15 is 0 Å². The molecule has 0 unspecified atom stereocenters. The Bertz CT molecular complexity index is 768. The van der Waals surface area contributed by atoms with E-state index in [9.17, 15) is 4.79 Å². The van der Waals surface area contributed by atoms with Gasteiger partial charge in [0.15, 0.2) is 0 Å². The number of primary amides is 1. The Morgan fingerprint density at radius 3 is 2.81 bits per heavy atom. The summed E-state index contributed by atoms with van der Waals surface area (Å²) in [5, 5.41) is 4.10. The highest BCUT2D eigenvalue weighted by atomic mass is 16.6. The fraction of sp³-hybridized carbons (Fsp3) is 0.0667. The van der Waals surface area contributed by atoms with Crippen molar-refractivity contribution >= 4 is 11.6 Å². The topological polar surface area (TPSA) is 90.5 Å². The smallest absolute Gasteiger partial charge is 0.268 e. The van der Waals surface area contributed by atoms with Crippen molar-refractivity contribution in [2.45, 2.75) is 0 Å². The summed E-state index contributed by atoms with van der Waals surface area (Å²) in [6.07, 6.45) is 2.95. The van der Waals surface area contributed by atoms with E-state index in [2.05, 4.69) is 21.7 Å². The van der Waals surface area contributed by atoms with Gasteiger partial charge in [-0.25, -0.2) is 9.97 Å². The molecule has 2 aromatic rings. The maximum Gasteiger partial charge on any atom is 0.268 e. The zero-order valence-electron chi connectivity index (χ0n) is 11.1. The first kappa shape index (κ1) is 13.0. The number of fused-ring (bicyclic) bond motifs is 3. The quantitative estimate of drug-likeness (QED) is 0.445. The molecule has 104 valence electrons. The van der Waals surface area contributed by atoms with Crippen LogP contribution in [0, 0.1) is 0 Å². The molecule has 6 nitrogen and oxygen atoms in total. The third-order valence-corrected chi connectivity index (χ3v) is 3.03. The first-order valence-electron chi connectivity index (χ1n) is 6.30. The molecule has 0 spiro atoms. The molecule has 0 atom stereocenters. The van der Waals surface area contributed by atoms with Crippen molar-refractivity contribution in [3.05, 3.63) is 60.1 Å². The Kier molecular flexibility index (Phi) is 3.19. The van der Waals surface area contributed by atoms with Crippen molar-refractivity contribution in [1.82, 2.24) is 9.97 Å². The third-order valence-electron chi connectivity index (χ3n) is 3.03. The van der Waals surface area contributed by atoms with Crippen molar-refractivity contribution < 1.29 is 9.63 Å². The number of aromatic nitrogens is 2. The van der Waals surface area contributed by atoms with Crippen LogP contribution in [-0.2, 0) is 4.84 Å². The third kappa shape index (κ3) is 2.16. The Labute approximate surface area is 121 Å². The first-order valence-corrected chi connectivity index (χ1v) is 6.30. The molecule has 6 heteroatoms. The number of benzene rings is 1. The van der Waals surface area contributed by atoms with Crippen LogP contribution in [0.15, 0.2) is 48.3 Å². The Balaban J connectivity index is 2.16. The second kappa shape index (κ2) is 5.16. The fourth-order valence-corrected chi connectivity index (χ4v) is 2.14.